The molecule has 0 atom stereocenters. The van der Waals surface area contributed by atoms with Crippen molar-refractivity contribution in [3.8, 4) is 6.07 Å². The Bertz CT molecular complexity index is 761. The van der Waals surface area contributed by atoms with Crippen LogP contribution in [0.5, 0.6) is 0 Å². The van der Waals surface area contributed by atoms with Crippen LogP contribution in [0.2, 0.25) is 0 Å². The number of rotatable bonds is 2. The second kappa shape index (κ2) is 7.01. The van der Waals surface area contributed by atoms with Gasteiger partial charge in [0, 0.05) is 31.9 Å². The number of halogens is 1. The minimum Gasteiger partial charge on any atom is -0.367 e. The Labute approximate surface area is 139 Å². The lowest BCUT2D eigenvalue weighted by molar-refractivity contribution is 0.208. The number of carbonyl (C=O) groups excluding carboxylic acids is 1. The SMILES string of the molecule is N#Cc1ccccc1N1CCN(C(=O)Nc2ccc(F)cc2)CC1. The summed E-state index contributed by atoms with van der Waals surface area (Å²) in [5, 5.41) is 12.0. The number of hydrogen-bond acceptors (Lipinski definition) is 3. The van der Waals surface area contributed by atoms with Crippen molar-refractivity contribution in [3.05, 3.63) is 59.9 Å². The first-order valence-electron chi connectivity index (χ1n) is 7.73. The molecule has 2 aromatic rings. The van der Waals surface area contributed by atoms with Crippen LogP contribution in [0.1, 0.15) is 5.56 Å². The lowest BCUT2D eigenvalue weighted by Gasteiger charge is -2.36. The Morgan fingerprint density at radius 3 is 2.38 bits per heavy atom. The van der Waals surface area contributed by atoms with Gasteiger partial charge >= 0.3 is 6.03 Å². The number of nitrogens with zero attached hydrogens (tertiary/aromatic N) is 3. The molecule has 2 aromatic carbocycles. The lowest BCUT2D eigenvalue weighted by atomic mass is 10.1. The van der Waals surface area contributed by atoms with Gasteiger partial charge in [0.05, 0.1) is 11.3 Å². The van der Waals surface area contributed by atoms with Crippen LogP contribution in [0.25, 0.3) is 0 Å². The van der Waals surface area contributed by atoms with Gasteiger partial charge < -0.3 is 15.1 Å². The predicted molar refractivity (Wildman–Crippen MR) is 90.4 cm³/mol. The maximum absolute atomic E-state index is 12.9. The molecule has 5 nitrogen and oxygen atoms in total. The molecule has 122 valence electrons. The van der Waals surface area contributed by atoms with E-state index in [-0.39, 0.29) is 11.8 Å². The molecule has 0 bridgehead atoms. The van der Waals surface area contributed by atoms with Crippen molar-refractivity contribution >= 4 is 17.4 Å². The van der Waals surface area contributed by atoms with Crippen LogP contribution in [0.3, 0.4) is 0 Å². The van der Waals surface area contributed by atoms with Crippen molar-refractivity contribution in [2.45, 2.75) is 0 Å². The lowest BCUT2D eigenvalue weighted by Crippen LogP contribution is -2.50. The molecule has 1 N–H and O–H groups in total. The molecule has 3 rings (SSSR count). The first-order valence-corrected chi connectivity index (χ1v) is 7.73. The summed E-state index contributed by atoms with van der Waals surface area (Å²) in [6.45, 7) is 2.45. The summed E-state index contributed by atoms with van der Waals surface area (Å²) in [4.78, 5) is 16.1. The van der Waals surface area contributed by atoms with E-state index in [1.165, 1.54) is 24.3 Å². The molecule has 0 saturated carbocycles. The van der Waals surface area contributed by atoms with Gasteiger partial charge in [-0.25, -0.2) is 9.18 Å². The van der Waals surface area contributed by atoms with E-state index < -0.39 is 0 Å². The van der Waals surface area contributed by atoms with Crippen molar-refractivity contribution in [1.82, 2.24) is 4.90 Å². The summed E-state index contributed by atoms with van der Waals surface area (Å²) >= 11 is 0. The largest absolute Gasteiger partial charge is 0.367 e. The van der Waals surface area contributed by atoms with Crippen LogP contribution < -0.4 is 10.2 Å². The summed E-state index contributed by atoms with van der Waals surface area (Å²) in [5.41, 5.74) is 2.11. The van der Waals surface area contributed by atoms with Crippen LogP contribution in [0, 0.1) is 17.1 Å². The Kier molecular flexibility index (Phi) is 4.62. The summed E-state index contributed by atoms with van der Waals surface area (Å²) in [5.74, 6) is -0.335. The van der Waals surface area contributed by atoms with Crippen molar-refractivity contribution in [1.29, 1.82) is 5.26 Å². The normalized spacial score (nSPS) is 14.2. The minimum atomic E-state index is -0.335. The van der Waals surface area contributed by atoms with Gasteiger partial charge in [-0.1, -0.05) is 12.1 Å². The second-order valence-electron chi connectivity index (χ2n) is 5.54. The number of benzene rings is 2. The Hall–Kier alpha value is -3.07. The molecule has 1 heterocycles. The van der Waals surface area contributed by atoms with E-state index in [2.05, 4.69) is 16.3 Å². The fourth-order valence-electron chi connectivity index (χ4n) is 2.73. The van der Waals surface area contributed by atoms with Crippen LogP contribution in [-0.4, -0.2) is 37.1 Å². The number of hydrogen-bond donors (Lipinski definition) is 1. The number of nitriles is 1. The highest BCUT2D eigenvalue weighted by atomic mass is 19.1. The maximum Gasteiger partial charge on any atom is 0.321 e. The zero-order chi connectivity index (χ0) is 16.9. The van der Waals surface area contributed by atoms with Crippen LogP contribution in [0.4, 0.5) is 20.6 Å². The van der Waals surface area contributed by atoms with E-state index in [9.17, 15) is 14.4 Å². The highest BCUT2D eigenvalue weighted by Gasteiger charge is 2.22. The predicted octanol–water partition coefficient (Wildman–Crippen LogP) is 3.05. The highest BCUT2D eigenvalue weighted by Crippen LogP contribution is 2.21. The molecule has 0 spiro atoms. The molecular formula is C18H17FN4O. The quantitative estimate of drug-likeness (QED) is 0.923. The monoisotopic (exact) mass is 324 g/mol. The number of urea groups is 1. The van der Waals surface area contributed by atoms with Gasteiger partial charge in [-0.05, 0) is 36.4 Å². The molecule has 24 heavy (non-hydrogen) atoms. The molecule has 1 saturated heterocycles. The van der Waals surface area contributed by atoms with Crippen molar-refractivity contribution in [3.63, 3.8) is 0 Å². The zero-order valence-electron chi connectivity index (χ0n) is 13.1. The minimum absolute atomic E-state index is 0.199. The van der Waals surface area contributed by atoms with Gasteiger partial charge in [0.15, 0.2) is 0 Å². The van der Waals surface area contributed by atoms with Crippen LogP contribution in [0.15, 0.2) is 48.5 Å². The van der Waals surface area contributed by atoms with Gasteiger partial charge in [-0.3, -0.25) is 0 Å². The summed E-state index contributed by atoms with van der Waals surface area (Å²) < 4.78 is 12.9. The first-order chi connectivity index (χ1) is 11.7. The van der Waals surface area contributed by atoms with Gasteiger partial charge in [0.1, 0.15) is 11.9 Å². The molecule has 2 amide bonds. The molecule has 0 aromatic heterocycles. The van der Waals surface area contributed by atoms with E-state index in [4.69, 9.17) is 0 Å². The molecular weight excluding hydrogens is 307 g/mol. The zero-order valence-corrected chi connectivity index (χ0v) is 13.1. The third kappa shape index (κ3) is 3.46. The smallest absolute Gasteiger partial charge is 0.321 e. The van der Waals surface area contributed by atoms with E-state index in [0.29, 0.717) is 37.4 Å². The van der Waals surface area contributed by atoms with E-state index in [1.54, 1.807) is 11.0 Å². The van der Waals surface area contributed by atoms with Gasteiger partial charge in [0.25, 0.3) is 0 Å². The highest BCUT2D eigenvalue weighted by molar-refractivity contribution is 5.89. The van der Waals surface area contributed by atoms with Crippen molar-refractivity contribution in [2.75, 3.05) is 36.4 Å². The number of piperazine rings is 1. The molecule has 0 unspecified atom stereocenters. The molecule has 1 fully saturated rings. The Balaban J connectivity index is 1.59. The Morgan fingerprint density at radius 2 is 1.71 bits per heavy atom. The molecule has 1 aliphatic rings. The third-order valence-corrected chi connectivity index (χ3v) is 4.03. The number of carbonyl (C=O) groups is 1. The average molecular weight is 324 g/mol. The fraction of sp³-hybridized carbons (Fsp3) is 0.222. The first kappa shape index (κ1) is 15.8. The van der Waals surface area contributed by atoms with E-state index >= 15 is 0 Å². The second-order valence-corrected chi connectivity index (χ2v) is 5.54. The maximum atomic E-state index is 12.9. The molecule has 1 aliphatic heterocycles. The third-order valence-electron chi connectivity index (χ3n) is 4.03. The van der Waals surface area contributed by atoms with Gasteiger partial charge in [0.2, 0.25) is 0 Å². The molecule has 0 aliphatic carbocycles. The molecule has 6 heteroatoms. The van der Waals surface area contributed by atoms with E-state index in [1.807, 2.05) is 18.2 Å². The van der Waals surface area contributed by atoms with E-state index in [0.717, 1.165) is 5.69 Å². The van der Waals surface area contributed by atoms with Crippen LogP contribution >= 0.6 is 0 Å². The van der Waals surface area contributed by atoms with Gasteiger partial charge in [-0.2, -0.15) is 5.26 Å². The van der Waals surface area contributed by atoms with Crippen LogP contribution in [-0.2, 0) is 0 Å². The Morgan fingerprint density at radius 1 is 1.04 bits per heavy atom. The molecule has 0 radical (unpaired) electrons. The summed E-state index contributed by atoms with van der Waals surface area (Å²) in [7, 11) is 0. The van der Waals surface area contributed by atoms with Crippen molar-refractivity contribution in [2.24, 2.45) is 0 Å². The van der Waals surface area contributed by atoms with Gasteiger partial charge in [-0.15, -0.1) is 0 Å². The fourth-order valence-corrected chi connectivity index (χ4v) is 2.73. The summed E-state index contributed by atoms with van der Waals surface area (Å²) in [6.07, 6.45) is 0. The number of amides is 2. The average Bonchev–Trinajstić information content (AvgIpc) is 2.63. The van der Waals surface area contributed by atoms with Crippen molar-refractivity contribution < 1.29 is 9.18 Å². The standard InChI is InChI=1S/C18H17FN4O/c19-15-5-7-16(8-6-15)21-18(24)23-11-9-22(10-12-23)17-4-2-1-3-14(17)13-20/h1-8H,9-12H2,(H,21,24). The number of nitrogens with one attached hydrogen (secondary N) is 1. The number of anilines is 2. The number of para-hydroxylation sites is 1. The topological polar surface area (TPSA) is 59.4 Å². The summed E-state index contributed by atoms with van der Waals surface area (Å²) in [6, 6.07) is 15.2.